The van der Waals surface area contributed by atoms with E-state index in [1.165, 1.54) is 26.4 Å². The molecule has 0 aliphatic carbocycles. The van der Waals surface area contributed by atoms with Crippen LogP contribution in [0.4, 0.5) is 10.5 Å². The minimum absolute atomic E-state index is 0.203. The van der Waals surface area contributed by atoms with Gasteiger partial charge in [0, 0.05) is 16.1 Å². The molecule has 9 heteroatoms. The van der Waals surface area contributed by atoms with Crippen molar-refractivity contribution in [1.29, 1.82) is 0 Å². The molecule has 1 N–H and O–H groups in total. The molecule has 0 radical (unpaired) electrons. The third-order valence-electron chi connectivity index (χ3n) is 3.95. The average Bonchev–Trinajstić information content (AvgIpc) is 2.65. The molecular weight excluding hydrogens is 496 g/mol. The maximum Gasteiger partial charge on any atom is 0.335 e. The molecule has 0 aromatic heterocycles. The highest BCUT2D eigenvalue weighted by Gasteiger charge is 2.37. The highest BCUT2D eigenvalue weighted by atomic mass is 79.9. The van der Waals surface area contributed by atoms with Gasteiger partial charge in [-0.05, 0) is 46.3 Å². The molecular formula is C19H14Br2N2O5. The van der Waals surface area contributed by atoms with Crippen LogP contribution in [0.1, 0.15) is 5.56 Å². The standard InChI is InChI=1S/C19H14Br2N2O5/c1-27-13-5-3-4-12(9-13)23-18(25)14(17(24)22-19(23)26)7-10-6-11(20)8-15(21)16(10)28-2/h3-9H,1-2H3,(H,22,24,26). The van der Waals surface area contributed by atoms with Gasteiger partial charge in [0.2, 0.25) is 0 Å². The lowest BCUT2D eigenvalue weighted by molar-refractivity contribution is -0.122. The summed E-state index contributed by atoms with van der Waals surface area (Å²) in [6.07, 6.45) is 1.38. The van der Waals surface area contributed by atoms with Crippen LogP contribution in [0.2, 0.25) is 0 Å². The van der Waals surface area contributed by atoms with Crippen molar-refractivity contribution < 1.29 is 23.9 Å². The minimum atomic E-state index is -0.831. The van der Waals surface area contributed by atoms with E-state index in [-0.39, 0.29) is 11.3 Å². The predicted octanol–water partition coefficient (Wildman–Crippen LogP) is 3.90. The van der Waals surface area contributed by atoms with E-state index >= 15 is 0 Å². The second kappa shape index (κ2) is 8.15. The van der Waals surface area contributed by atoms with Gasteiger partial charge in [0.05, 0.1) is 24.4 Å². The first kappa shape index (κ1) is 20.1. The fraction of sp³-hybridized carbons (Fsp3) is 0.105. The van der Waals surface area contributed by atoms with E-state index in [2.05, 4.69) is 37.2 Å². The number of ether oxygens (including phenoxy) is 2. The van der Waals surface area contributed by atoms with Crippen molar-refractivity contribution in [2.24, 2.45) is 0 Å². The summed E-state index contributed by atoms with van der Waals surface area (Å²) in [5.74, 6) is -0.619. The van der Waals surface area contributed by atoms with Crippen LogP contribution in [0.5, 0.6) is 11.5 Å². The van der Waals surface area contributed by atoms with Crippen LogP contribution in [0.25, 0.3) is 6.08 Å². The Morgan fingerprint density at radius 2 is 1.79 bits per heavy atom. The summed E-state index contributed by atoms with van der Waals surface area (Å²) in [7, 11) is 2.95. The molecule has 0 atom stereocenters. The largest absolute Gasteiger partial charge is 0.497 e. The normalized spacial score (nSPS) is 15.6. The van der Waals surface area contributed by atoms with Crippen molar-refractivity contribution in [3.8, 4) is 11.5 Å². The number of anilines is 1. The summed E-state index contributed by atoms with van der Waals surface area (Å²) < 4.78 is 11.9. The van der Waals surface area contributed by atoms with Crippen LogP contribution in [0.3, 0.4) is 0 Å². The molecule has 2 aromatic carbocycles. The van der Waals surface area contributed by atoms with Crippen LogP contribution < -0.4 is 19.7 Å². The topological polar surface area (TPSA) is 84.9 Å². The number of carbonyl (C=O) groups excluding carboxylic acids is 3. The summed E-state index contributed by atoms with van der Waals surface area (Å²) >= 11 is 6.75. The Kier molecular flexibility index (Phi) is 5.85. The van der Waals surface area contributed by atoms with Gasteiger partial charge < -0.3 is 9.47 Å². The molecule has 0 unspecified atom stereocenters. The highest BCUT2D eigenvalue weighted by molar-refractivity contribution is 9.11. The number of barbiturate groups is 1. The third kappa shape index (κ3) is 3.81. The summed E-state index contributed by atoms with van der Waals surface area (Å²) in [5.41, 5.74) is 0.565. The Labute approximate surface area is 177 Å². The number of methoxy groups -OCH3 is 2. The van der Waals surface area contributed by atoms with Gasteiger partial charge in [-0.2, -0.15) is 0 Å². The van der Waals surface area contributed by atoms with Crippen molar-refractivity contribution >= 4 is 61.5 Å². The number of urea groups is 1. The first-order chi connectivity index (χ1) is 13.3. The SMILES string of the molecule is COc1cccc(N2C(=O)NC(=O)C(=Cc3cc(Br)cc(Br)c3OC)C2=O)c1. The van der Waals surface area contributed by atoms with Gasteiger partial charge in [-0.3, -0.25) is 14.9 Å². The lowest BCUT2D eigenvalue weighted by Crippen LogP contribution is -2.54. The molecule has 1 aliphatic rings. The maximum atomic E-state index is 13.0. The summed E-state index contributed by atoms with van der Waals surface area (Å²) in [4.78, 5) is 38.5. The van der Waals surface area contributed by atoms with E-state index in [1.807, 2.05) is 0 Å². The van der Waals surface area contributed by atoms with E-state index in [9.17, 15) is 14.4 Å². The van der Waals surface area contributed by atoms with E-state index in [0.717, 1.165) is 9.37 Å². The van der Waals surface area contributed by atoms with E-state index < -0.39 is 17.8 Å². The second-order valence-electron chi connectivity index (χ2n) is 5.67. The molecule has 1 fully saturated rings. The molecule has 1 saturated heterocycles. The fourth-order valence-electron chi connectivity index (χ4n) is 2.70. The van der Waals surface area contributed by atoms with Crippen molar-refractivity contribution in [3.63, 3.8) is 0 Å². The van der Waals surface area contributed by atoms with E-state index in [0.29, 0.717) is 21.5 Å². The van der Waals surface area contributed by atoms with Gasteiger partial charge in [0.25, 0.3) is 11.8 Å². The van der Waals surface area contributed by atoms with Gasteiger partial charge in [0.15, 0.2) is 0 Å². The highest BCUT2D eigenvalue weighted by Crippen LogP contribution is 2.35. The molecule has 28 heavy (non-hydrogen) atoms. The Hall–Kier alpha value is -2.65. The van der Waals surface area contributed by atoms with Gasteiger partial charge in [-0.1, -0.05) is 22.0 Å². The predicted molar refractivity (Wildman–Crippen MR) is 110 cm³/mol. The molecule has 1 aliphatic heterocycles. The zero-order valence-corrected chi connectivity index (χ0v) is 18.0. The van der Waals surface area contributed by atoms with Crippen LogP contribution >= 0.6 is 31.9 Å². The lowest BCUT2D eigenvalue weighted by atomic mass is 10.1. The zero-order chi connectivity index (χ0) is 20.4. The number of imide groups is 2. The Morgan fingerprint density at radius 1 is 1.04 bits per heavy atom. The molecule has 0 bridgehead atoms. The average molecular weight is 510 g/mol. The zero-order valence-electron chi connectivity index (χ0n) is 14.8. The number of rotatable bonds is 4. The summed E-state index contributed by atoms with van der Waals surface area (Å²) in [6.45, 7) is 0. The minimum Gasteiger partial charge on any atom is -0.497 e. The quantitative estimate of drug-likeness (QED) is 0.499. The van der Waals surface area contributed by atoms with Crippen molar-refractivity contribution in [2.75, 3.05) is 19.1 Å². The molecule has 1 heterocycles. The Bertz CT molecular complexity index is 1020. The smallest absolute Gasteiger partial charge is 0.335 e. The second-order valence-corrected chi connectivity index (χ2v) is 7.44. The number of halogens is 2. The first-order valence-electron chi connectivity index (χ1n) is 7.94. The number of amides is 4. The molecule has 2 aromatic rings. The number of hydrogen-bond donors (Lipinski definition) is 1. The molecule has 3 rings (SSSR count). The number of carbonyl (C=O) groups is 3. The van der Waals surface area contributed by atoms with Crippen molar-refractivity contribution in [3.05, 3.63) is 56.5 Å². The Balaban J connectivity index is 2.09. The van der Waals surface area contributed by atoms with Crippen LogP contribution in [-0.2, 0) is 9.59 Å². The Morgan fingerprint density at radius 3 is 2.46 bits per heavy atom. The van der Waals surface area contributed by atoms with E-state index in [4.69, 9.17) is 9.47 Å². The fourth-order valence-corrected chi connectivity index (χ4v) is 4.12. The monoisotopic (exact) mass is 508 g/mol. The first-order valence-corrected chi connectivity index (χ1v) is 9.53. The summed E-state index contributed by atoms with van der Waals surface area (Å²) in [5, 5.41) is 2.19. The molecule has 144 valence electrons. The van der Waals surface area contributed by atoms with Crippen molar-refractivity contribution in [2.45, 2.75) is 0 Å². The van der Waals surface area contributed by atoms with Crippen LogP contribution in [-0.4, -0.2) is 32.1 Å². The summed E-state index contributed by atoms with van der Waals surface area (Å²) in [6, 6.07) is 9.07. The lowest BCUT2D eigenvalue weighted by Gasteiger charge is -2.26. The molecule has 0 saturated carbocycles. The van der Waals surface area contributed by atoms with Gasteiger partial charge in [-0.25, -0.2) is 9.69 Å². The molecule has 4 amide bonds. The molecule has 0 spiro atoms. The number of hydrogen-bond acceptors (Lipinski definition) is 5. The van der Waals surface area contributed by atoms with Crippen molar-refractivity contribution in [1.82, 2.24) is 5.32 Å². The van der Waals surface area contributed by atoms with Crippen LogP contribution in [0.15, 0.2) is 50.9 Å². The van der Waals surface area contributed by atoms with Gasteiger partial charge >= 0.3 is 6.03 Å². The maximum absolute atomic E-state index is 13.0. The van der Waals surface area contributed by atoms with Gasteiger partial charge in [0.1, 0.15) is 17.1 Å². The third-order valence-corrected chi connectivity index (χ3v) is 5.00. The van der Waals surface area contributed by atoms with Crippen LogP contribution in [0, 0.1) is 0 Å². The van der Waals surface area contributed by atoms with E-state index in [1.54, 1.807) is 30.3 Å². The van der Waals surface area contributed by atoms with Gasteiger partial charge in [-0.15, -0.1) is 0 Å². The number of nitrogens with one attached hydrogen (secondary N) is 1. The number of nitrogens with zero attached hydrogens (tertiary/aromatic N) is 1. The molecule has 7 nitrogen and oxygen atoms in total. The number of benzene rings is 2.